The standard InChI is InChI=1S/C10H11N3O2S/c1-11-16(14,15)13-9-6-8-4-2-3-5-10(8)12-7-9/h2-7,11,13H,1H3. The lowest BCUT2D eigenvalue weighted by molar-refractivity contribution is 0.593. The minimum absolute atomic E-state index is 0.438. The molecule has 0 aliphatic rings. The summed E-state index contributed by atoms with van der Waals surface area (Å²) in [6.45, 7) is 0. The van der Waals surface area contributed by atoms with Crippen molar-refractivity contribution in [3.63, 3.8) is 0 Å². The van der Waals surface area contributed by atoms with Gasteiger partial charge in [-0.15, -0.1) is 0 Å². The molecule has 0 radical (unpaired) electrons. The SMILES string of the molecule is CNS(=O)(=O)Nc1cnc2ccccc2c1. The van der Waals surface area contributed by atoms with E-state index in [9.17, 15) is 8.42 Å². The lowest BCUT2D eigenvalue weighted by Gasteiger charge is -2.06. The first-order chi connectivity index (χ1) is 7.61. The third kappa shape index (κ3) is 2.29. The molecule has 2 rings (SSSR count). The zero-order chi connectivity index (χ0) is 11.6. The van der Waals surface area contributed by atoms with E-state index in [1.807, 2.05) is 24.3 Å². The van der Waals surface area contributed by atoms with Crippen LogP contribution in [0.15, 0.2) is 36.5 Å². The Morgan fingerprint density at radius 2 is 2.00 bits per heavy atom. The average molecular weight is 237 g/mol. The highest BCUT2D eigenvalue weighted by Gasteiger charge is 2.06. The van der Waals surface area contributed by atoms with Crippen LogP contribution >= 0.6 is 0 Å². The van der Waals surface area contributed by atoms with Gasteiger partial charge in [0, 0.05) is 12.4 Å². The number of nitrogens with zero attached hydrogens (tertiary/aromatic N) is 1. The van der Waals surface area contributed by atoms with Gasteiger partial charge in [-0.25, -0.2) is 4.72 Å². The predicted molar refractivity (Wildman–Crippen MR) is 63.3 cm³/mol. The van der Waals surface area contributed by atoms with Crippen LogP contribution in [0.2, 0.25) is 0 Å². The Bertz CT molecular complexity index is 610. The zero-order valence-corrected chi connectivity index (χ0v) is 9.45. The second kappa shape index (κ2) is 4.07. The summed E-state index contributed by atoms with van der Waals surface area (Å²) in [5, 5.41) is 0.888. The van der Waals surface area contributed by atoms with Crippen molar-refractivity contribution in [3.05, 3.63) is 36.5 Å². The molecule has 0 unspecified atom stereocenters. The van der Waals surface area contributed by atoms with Gasteiger partial charge in [-0.2, -0.15) is 8.42 Å². The Morgan fingerprint density at radius 3 is 2.75 bits per heavy atom. The number of hydrogen-bond donors (Lipinski definition) is 2. The summed E-state index contributed by atoms with van der Waals surface area (Å²) in [7, 11) is -2.14. The van der Waals surface area contributed by atoms with Gasteiger partial charge in [0.1, 0.15) is 0 Å². The second-order valence-electron chi connectivity index (χ2n) is 3.23. The van der Waals surface area contributed by atoms with Crippen LogP contribution in [-0.4, -0.2) is 20.4 Å². The molecule has 0 bridgehead atoms. The largest absolute Gasteiger partial charge is 0.298 e. The van der Waals surface area contributed by atoms with Crippen LogP contribution in [0.5, 0.6) is 0 Å². The van der Waals surface area contributed by atoms with E-state index >= 15 is 0 Å². The van der Waals surface area contributed by atoms with Crippen LogP contribution in [-0.2, 0) is 10.2 Å². The van der Waals surface area contributed by atoms with E-state index in [0.717, 1.165) is 10.9 Å². The monoisotopic (exact) mass is 237 g/mol. The number of hydrogen-bond acceptors (Lipinski definition) is 3. The van der Waals surface area contributed by atoms with Crippen molar-refractivity contribution in [1.29, 1.82) is 0 Å². The van der Waals surface area contributed by atoms with Crippen molar-refractivity contribution in [3.8, 4) is 0 Å². The van der Waals surface area contributed by atoms with Crippen LogP contribution in [0.3, 0.4) is 0 Å². The highest BCUT2D eigenvalue weighted by Crippen LogP contribution is 2.16. The molecule has 2 N–H and O–H groups in total. The van der Waals surface area contributed by atoms with E-state index in [1.54, 1.807) is 6.07 Å². The second-order valence-corrected chi connectivity index (χ2v) is 4.85. The summed E-state index contributed by atoms with van der Waals surface area (Å²) in [4.78, 5) is 4.14. The fourth-order valence-corrected chi connectivity index (χ4v) is 1.86. The molecule has 0 atom stereocenters. The molecule has 0 spiro atoms. The topological polar surface area (TPSA) is 71.1 Å². The fraction of sp³-hybridized carbons (Fsp3) is 0.100. The van der Waals surface area contributed by atoms with Gasteiger partial charge in [0.15, 0.2) is 0 Å². The Labute approximate surface area is 93.7 Å². The van der Waals surface area contributed by atoms with Crippen LogP contribution in [0.4, 0.5) is 5.69 Å². The predicted octanol–water partition coefficient (Wildman–Crippen LogP) is 1.11. The Kier molecular flexibility index (Phi) is 2.76. The zero-order valence-electron chi connectivity index (χ0n) is 8.64. The number of fused-ring (bicyclic) bond motifs is 1. The molecule has 84 valence electrons. The van der Waals surface area contributed by atoms with E-state index in [0.29, 0.717) is 5.69 Å². The third-order valence-electron chi connectivity index (χ3n) is 2.11. The minimum Gasteiger partial charge on any atom is -0.270 e. The quantitative estimate of drug-likeness (QED) is 0.840. The molecular weight excluding hydrogens is 226 g/mol. The fourth-order valence-electron chi connectivity index (χ4n) is 1.33. The van der Waals surface area contributed by atoms with Crippen molar-refractivity contribution in [1.82, 2.24) is 9.71 Å². The summed E-state index contributed by atoms with van der Waals surface area (Å²) in [6, 6.07) is 9.23. The van der Waals surface area contributed by atoms with Crippen LogP contribution in [0.25, 0.3) is 10.9 Å². The maximum atomic E-state index is 11.3. The van der Waals surface area contributed by atoms with Crippen LogP contribution < -0.4 is 9.44 Å². The van der Waals surface area contributed by atoms with Gasteiger partial charge in [0.2, 0.25) is 0 Å². The van der Waals surface area contributed by atoms with Gasteiger partial charge in [0.05, 0.1) is 17.4 Å². The summed E-state index contributed by atoms with van der Waals surface area (Å²) >= 11 is 0. The Hall–Kier alpha value is -1.66. The number of nitrogens with one attached hydrogen (secondary N) is 2. The molecule has 0 aliphatic heterocycles. The molecule has 1 aromatic carbocycles. The lowest BCUT2D eigenvalue weighted by atomic mass is 10.2. The van der Waals surface area contributed by atoms with Crippen molar-refractivity contribution >= 4 is 26.8 Å². The summed E-state index contributed by atoms with van der Waals surface area (Å²) in [5.41, 5.74) is 1.27. The molecule has 5 nitrogen and oxygen atoms in total. The average Bonchev–Trinajstić information content (AvgIpc) is 2.28. The molecule has 0 saturated carbocycles. The normalized spacial score (nSPS) is 11.6. The van der Waals surface area contributed by atoms with Gasteiger partial charge < -0.3 is 0 Å². The van der Waals surface area contributed by atoms with Crippen molar-refractivity contribution < 1.29 is 8.42 Å². The van der Waals surface area contributed by atoms with Gasteiger partial charge >= 0.3 is 0 Å². The van der Waals surface area contributed by atoms with E-state index in [-0.39, 0.29) is 0 Å². The molecule has 0 saturated heterocycles. The molecule has 1 aromatic heterocycles. The molecule has 2 aromatic rings. The number of anilines is 1. The maximum Gasteiger partial charge on any atom is 0.298 e. The van der Waals surface area contributed by atoms with E-state index < -0.39 is 10.2 Å². The first-order valence-corrected chi connectivity index (χ1v) is 6.15. The first-order valence-electron chi connectivity index (χ1n) is 4.67. The van der Waals surface area contributed by atoms with Gasteiger partial charge in [-0.05, 0) is 12.1 Å². The van der Waals surface area contributed by atoms with Crippen LogP contribution in [0, 0.1) is 0 Å². The van der Waals surface area contributed by atoms with Gasteiger partial charge in [0.25, 0.3) is 10.2 Å². The maximum absolute atomic E-state index is 11.3. The van der Waals surface area contributed by atoms with E-state index in [1.165, 1.54) is 13.2 Å². The highest BCUT2D eigenvalue weighted by atomic mass is 32.2. The smallest absolute Gasteiger partial charge is 0.270 e. The molecule has 0 fully saturated rings. The van der Waals surface area contributed by atoms with Crippen molar-refractivity contribution in [2.45, 2.75) is 0 Å². The lowest BCUT2D eigenvalue weighted by Crippen LogP contribution is -2.26. The molecule has 6 heteroatoms. The minimum atomic E-state index is -3.48. The summed E-state index contributed by atoms with van der Waals surface area (Å²) in [6.07, 6.45) is 1.48. The van der Waals surface area contributed by atoms with Gasteiger partial charge in [-0.1, -0.05) is 18.2 Å². The Morgan fingerprint density at radius 1 is 1.25 bits per heavy atom. The van der Waals surface area contributed by atoms with Crippen LogP contribution in [0.1, 0.15) is 0 Å². The summed E-state index contributed by atoms with van der Waals surface area (Å²) < 4.78 is 27.0. The van der Waals surface area contributed by atoms with Crippen molar-refractivity contribution in [2.75, 3.05) is 11.8 Å². The van der Waals surface area contributed by atoms with E-state index in [2.05, 4.69) is 14.4 Å². The molecule has 0 amide bonds. The Balaban J connectivity index is 2.40. The third-order valence-corrected chi connectivity index (χ3v) is 3.15. The first kappa shape index (κ1) is 10.8. The number of rotatable bonds is 3. The number of pyridine rings is 1. The molecule has 1 heterocycles. The molecule has 0 aliphatic carbocycles. The van der Waals surface area contributed by atoms with Crippen molar-refractivity contribution in [2.24, 2.45) is 0 Å². The molecular formula is C10H11N3O2S. The summed E-state index contributed by atoms with van der Waals surface area (Å²) in [5.74, 6) is 0. The van der Waals surface area contributed by atoms with Gasteiger partial charge in [-0.3, -0.25) is 9.71 Å². The number of benzene rings is 1. The molecule has 16 heavy (non-hydrogen) atoms. The number of para-hydroxylation sites is 1. The van der Waals surface area contributed by atoms with E-state index in [4.69, 9.17) is 0 Å². The number of aromatic nitrogens is 1. The highest BCUT2D eigenvalue weighted by molar-refractivity contribution is 7.90.